The fourth-order valence-corrected chi connectivity index (χ4v) is 2.19. The van der Waals surface area contributed by atoms with Crippen LogP contribution >= 0.6 is 0 Å². The van der Waals surface area contributed by atoms with Gasteiger partial charge in [0, 0.05) is 5.56 Å². The Morgan fingerprint density at radius 2 is 1.95 bits per heavy atom. The van der Waals surface area contributed by atoms with Crippen LogP contribution in [0.3, 0.4) is 0 Å². The van der Waals surface area contributed by atoms with Crippen LogP contribution in [-0.4, -0.2) is 19.6 Å². The molecule has 1 aliphatic carbocycles. The Hall–Kier alpha value is -2.89. The number of aryl methyl sites for hydroxylation is 1. The van der Waals surface area contributed by atoms with Gasteiger partial charge in [0.2, 0.25) is 5.95 Å². The zero-order valence-electron chi connectivity index (χ0n) is 10.9. The van der Waals surface area contributed by atoms with Crippen LogP contribution in [0.15, 0.2) is 47.3 Å². The summed E-state index contributed by atoms with van der Waals surface area (Å²) in [7, 11) is 0. The minimum Gasteiger partial charge on any atom is -0.369 e. The van der Waals surface area contributed by atoms with Crippen LogP contribution in [0.25, 0.3) is 11.2 Å². The maximum Gasteiger partial charge on any atom is 0.350 e. The van der Waals surface area contributed by atoms with Crippen molar-refractivity contribution in [2.75, 3.05) is 5.73 Å². The summed E-state index contributed by atoms with van der Waals surface area (Å²) in [6.07, 6.45) is 13.5. The number of nitrogen functional groups attached to an aromatic ring is 1. The van der Waals surface area contributed by atoms with E-state index in [4.69, 9.17) is 5.73 Å². The van der Waals surface area contributed by atoms with E-state index in [1.54, 1.807) is 0 Å². The summed E-state index contributed by atoms with van der Waals surface area (Å²) in [5.41, 5.74) is 8.30. The van der Waals surface area contributed by atoms with Crippen LogP contribution < -0.4 is 11.4 Å². The molecule has 0 fully saturated rings. The van der Waals surface area contributed by atoms with Crippen LogP contribution in [0.4, 0.5) is 5.95 Å². The van der Waals surface area contributed by atoms with Crippen LogP contribution in [-0.2, 0) is 0 Å². The van der Waals surface area contributed by atoms with Crippen molar-refractivity contribution >= 4 is 17.2 Å². The van der Waals surface area contributed by atoms with E-state index < -0.39 is 5.69 Å². The molecule has 2 aromatic rings. The summed E-state index contributed by atoms with van der Waals surface area (Å²) >= 11 is 0. The van der Waals surface area contributed by atoms with E-state index in [2.05, 4.69) is 15.2 Å². The molecular weight excluding hydrogens is 254 g/mol. The number of nitrogens with zero attached hydrogens (tertiary/aromatic N) is 3. The lowest BCUT2D eigenvalue weighted by Crippen LogP contribution is -2.16. The molecule has 0 spiro atoms. The molecule has 0 saturated heterocycles. The van der Waals surface area contributed by atoms with E-state index in [9.17, 15) is 4.79 Å². The molecule has 0 bridgehead atoms. The van der Waals surface area contributed by atoms with Gasteiger partial charge in [0.1, 0.15) is 0 Å². The number of fused-ring (bicyclic) bond motifs is 1. The largest absolute Gasteiger partial charge is 0.369 e. The van der Waals surface area contributed by atoms with Gasteiger partial charge < -0.3 is 5.73 Å². The smallest absolute Gasteiger partial charge is 0.350 e. The van der Waals surface area contributed by atoms with E-state index in [0.29, 0.717) is 5.65 Å². The second kappa shape index (κ2) is 4.65. The first-order valence-electron chi connectivity index (χ1n) is 6.14. The summed E-state index contributed by atoms with van der Waals surface area (Å²) in [5.74, 6) is 0.130. The van der Waals surface area contributed by atoms with Crippen molar-refractivity contribution in [2.45, 2.75) is 6.92 Å². The summed E-state index contributed by atoms with van der Waals surface area (Å²) in [6.45, 7) is 1.85. The molecule has 0 radical (unpaired) electrons. The highest BCUT2D eigenvalue weighted by molar-refractivity contribution is 5.84. The quantitative estimate of drug-likeness (QED) is 0.816. The molecule has 20 heavy (non-hydrogen) atoms. The van der Waals surface area contributed by atoms with Crippen LogP contribution in [0, 0.1) is 6.92 Å². The lowest BCUT2D eigenvalue weighted by Gasteiger charge is -2.09. The molecule has 0 unspecified atom stereocenters. The van der Waals surface area contributed by atoms with E-state index in [0.717, 1.165) is 16.8 Å². The molecule has 0 aliphatic heterocycles. The van der Waals surface area contributed by atoms with Gasteiger partial charge in [0.25, 0.3) is 0 Å². The van der Waals surface area contributed by atoms with Crippen LogP contribution in [0.5, 0.6) is 0 Å². The summed E-state index contributed by atoms with van der Waals surface area (Å²) in [5, 5.41) is 6.46. The average molecular weight is 267 g/mol. The molecule has 3 N–H and O–H groups in total. The van der Waals surface area contributed by atoms with Crippen molar-refractivity contribution in [1.29, 1.82) is 0 Å². The highest BCUT2D eigenvalue weighted by Gasteiger charge is 2.15. The van der Waals surface area contributed by atoms with E-state index in [1.807, 2.05) is 49.5 Å². The molecule has 3 rings (SSSR count). The van der Waals surface area contributed by atoms with E-state index >= 15 is 0 Å². The zero-order chi connectivity index (χ0) is 14.1. The van der Waals surface area contributed by atoms with Crippen molar-refractivity contribution in [3.05, 3.63) is 64.3 Å². The average Bonchev–Trinajstić information content (AvgIpc) is 2.73. The molecule has 6 nitrogen and oxygen atoms in total. The lowest BCUT2D eigenvalue weighted by atomic mass is 10.0. The normalized spacial score (nSPS) is 17.6. The second-order valence-electron chi connectivity index (χ2n) is 4.37. The number of anilines is 1. The van der Waals surface area contributed by atoms with Crippen molar-refractivity contribution in [1.82, 2.24) is 19.6 Å². The Kier molecular flexibility index (Phi) is 2.83. The molecule has 6 heteroatoms. The predicted molar refractivity (Wildman–Crippen MR) is 78.2 cm³/mol. The van der Waals surface area contributed by atoms with Gasteiger partial charge in [-0.15, -0.1) is 0 Å². The van der Waals surface area contributed by atoms with Gasteiger partial charge in [-0.25, -0.2) is 19.3 Å². The van der Waals surface area contributed by atoms with Gasteiger partial charge in [0.15, 0.2) is 5.65 Å². The molecule has 100 valence electrons. The molecule has 1 aliphatic rings. The molecule has 0 atom stereocenters. The van der Waals surface area contributed by atoms with Gasteiger partial charge in [-0.2, -0.15) is 5.10 Å². The Labute approximate surface area is 114 Å². The number of nitrogens with one attached hydrogen (secondary N) is 1. The van der Waals surface area contributed by atoms with Crippen molar-refractivity contribution in [3.8, 4) is 0 Å². The first-order valence-corrected chi connectivity index (χ1v) is 6.14. The fraction of sp³-hybridized carbons (Fsp3) is 0.0714. The van der Waals surface area contributed by atoms with Gasteiger partial charge in [-0.3, -0.25) is 0 Å². The number of nitrogens with two attached hydrogens (primary N) is 1. The first kappa shape index (κ1) is 12.2. The summed E-state index contributed by atoms with van der Waals surface area (Å²) in [6, 6.07) is 0. The maximum absolute atomic E-state index is 11.7. The Balaban J connectivity index is 2.34. The van der Waals surface area contributed by atoms with E-state index in [-0.39, 0.29) is 5.95 Å². The SMILES string of the molecule is Cc1nc(N)n2c(=O)[nH]nc2c1C1=C/C=C\C=C/C=C1. The number of H-pyrrole nitrogens is 1. The second-order valence-corrected chi connectivity index (χ2v) is 4.37. The standard InChI is InChI=1S/C14H13N5O/c1-9-11(10-7-5-3-2-4-6-8-10)12-17-18-14(20)19(12)13(15)16-9/h2-8H,1H3,(H2,15,16)(H,18,20)/b3-2-,4-2?,5-3?,6-4-,7-5?,8-6?,10-7?,10-8?. The van der Waals surface area contributed by atoms with Gasteiger partial charge in [-0.05, 0) is 12.5 Å². The Morgan fingerprint density at radius 1 is 1.20 bits per heavy atom. The monoisotopic (exact) mass is 267 g/mol. The van der Waals surface area contributed by atoms with Crippen LogP contribution in [0.1, 0.15) is 11.3 Å². The molecule has 0 saturated carbocycles. The van der Waals surface area contributed by atoms with Gasteiger partial charge in [-0.1, -0.05) is 42.5 Å². The number of hydrogen-bond donors (Lipinski definition) is 2. The number of hydrogen-bond acceptors (Lipinski definition) is 4. The third-order valence-corrected chi connectivity index (χ3v) is 3.05. The van der Waals surface area contributed by atoms with Crippen molar-refractivity contribution in [2.24, 2.45) is 0 Å². The van der Waals surface area contributed by atoms with E-state index in [1.165, 1.54) is 4.40 Å². The summed E-state index contributed by atoms with van der Waals surface area (Å²) < 4.78 is 1.27. The minimum absolute atomic E-state index is 0.130. The Morgan fingerprint density at radius 3 is 2.80 bits per heavy atom. The molecular formula is C14H13N5O. The highest BCUT2D eigenvalue weighted by atomic mass is 16.1. The van der Waals surface area contributed by atoms with Crippen LogP contribution in [0.2, 0.25) is 0 Å². The lowest BCUT2D eigenvalue weighted by molar-refractivity contribution is 0.997. The topological polar surface area (TPSA) is 89.1 Å². The molecule has 2 aromatic heterocycles. The van der Waals surface area contributed by atoms with Crippen molar-refractivity contribution < 1.29 is 0 Å². The van der Waals surface area contributed by atoms with Crippen molar-refractivity contribution in [3.63, 3.8) is 0 Å². The number of aromatic amines is 1. The van der Waals surface area contributed by atoms with Gasteiger partial charge >= 0.3 is 5.69 Å². The molecule has 0 amide bonds. The first-order chi connectivity index (χ1) is 9.68. The zero-order valence-corrected chi connectivity index (χ0v) is 10.9. The molecule has 0 aromatic carbocycles. The fourth-order valence-electron chi connectivity index (χ4n) is 2.19. The number of allylic oxidation sites excluding steroid dienone is 8. The predicted octanol–water partition coefficient (Wildman–Crippen LogP) is 1.37. The Bertz CT molecular complexity index is 848. The third kappa shape index (κ3) is 1.87. The third-order valence-electron chi connectivity index (χ3n) is 3.05. The maximum atomic E-state index is 11.7. The summed E-state index contributed by atoms with van der Waals surface area (Å²) in [4.78, 5) is 16.0. The highest BCUT2D eigenvalue weighted by Crippen LogP contribution is 2.24. The number of aromatic nitrogens is 4. The van der Waals surface area contributed by atoms with Gasteiger partial charge in [0.05, 0.1) is 5.69 Å². The minimum atomic E-state index is -0.392. The molecule has 2 heterocycles. The number of rotatable bonds is 1.